The summed E-state index contributed by atoms with van der Waals surface area (Å²) in [6.07, 6.45) is 0. The lowest BCUT2D eigenvalue weighted by Gasteiger charge is -2.07. The molecule has 1 aromatic carbocycles. The third-order valence-corrected chi connectivity index (χ3v) is 4.41. The van der Waals surface area contributed by atoms with Crippen LogP contribution in [0.1, 0.15) is 11.3 Å². The van der Waals surface area contributed by atoms with Crippen molar-refractivity contribution < 1.29 is 0 Å². The van der Waals surface area contributed by atoms with E-state index in [1.807, 2.05) is 35.4 Å². The molecule has 0 aliphatic rings. The quantitative estimate of drug-likeness (QED) is 0.686. The van der Waals surface area contributed by atoms with Gasteiger partial charge in [0.1, 0.15) is 5.52 Å². The average Bonchev–Trinajstić information content (AvgIpc) is 2.82. The van der Waals surface area contributed by atoms with E-state index in [0.717, 1.165) is 27.0 Å². The highest BCUT2D eigenvalue weighted by atomic mass is 79.9. The van der Waals surface area contributed by atoms with Gasteiger partial charge in [0, 0.05) is 11.5 Å². The normalized spacial score (nSPS) is 11.4. The maximum atomic E-state index is 5.44. The SMILES string of the molecule is Cc1cc(-n2c(=S)[nH]c3c(C)nn(C)c32)ccc1Br. The molecule has 0 bridgehead atoms. The number of rotatable bonds is 1. The summed E-state index contributed by atoms with van der Waals surface area (Å²) in [4.78, 5) is 3.23. The van der Waals surface area contributed by atoms with Gasteiger partial charge in [-0.15, -0.1) is 0 Å². The molecule has 3 rings (SSSR count). The first-order chi connectivity index (χ1) is 8.99. The molecule has 1 N–H and O–H groups in total. The molecular formula is C13H13BrN4S. The lowest BCUT2D eigenvalue weighted by molar-refractivity contribution is 0.759. The zero-order valence-electron chi connectivity index (χ0n) is 10.9. The first-order valence-corrected chi connectivity index (χ1v) is 7.10. The Hall–Kier alpha value is -1.40. The van der Waals surface area contributed by atoms with Crippen LogP contribution in [0.4, 0.5) is 0 Å². The fourth-order valence-corrected chi connectivity index (χ4v) is 2.86. The summed E-state index contributed by atoms with van der Waals surface area (Å²) in [5.74, 6) is 0. The fraction of sp³-hybridized carbons (Fsp3) is 0.231. The van der Waals surface area contributed by atoms with Crippen LogP contribution < -0.4 is 0 Å². The molecule has 19 heavy (non-hydrogen) atoms. The minimum absolute atomic E-state index is 0.688. The Morgan fingerprint density at radius 3 is 2.74 bits per heavy atom. The summed E-state index contributed by atoms with van der Waals surface area (Å²) >= 11 is 8.96. The lowest BCUT2D eigenvalue weighted by Crippen LogP contribution is -2.01. The van der Waals surface area contributed by atoms with Gasteiger partial charge in [-0.1, -0.05) is 15.9 Å². The summed E-state index contributed by atoms with van der Waals surface area (Å²) < 4.78 is 5.65. The van der Waals surface area contributed by atoms with Crippen molar-refractivity contribution in [1.82, 2.24) is 19.3 Å². The minimum Gasteiger partial charge on any atom is -0.327 e. The number of imidazole rings is 1. The molecule has 2 aromatic heterocycles. The Morgan fingerprint density at radius 2 is 2.05 bits per heavy atom. The first-order valence-electron chi connectivity index (χ1n) is 5.90. The first kappa shape index (κ1) is 12.6. The summed E-state index contributed by atoms with van der Waals surface area (Å²) in [5, 5.41) is 4.43. The molecule has 0 aliphatic carbocycles. The van der Waals surface area contributed by atoms with Gasteiger partial charge >= 0.3 is 0 Å². The molecular weight excluding hydrogens is 324 g/mol. The number of halogens is 1. The largest absolute Gasteiger partial charge is 0.327 e. The molecule has 4 nitrogen and oxygen atoms in total. The van der Waals surface area contributed by atoms with Gasteiger partial charge in [-0.25, -0.2) is 4.68 Å². The second-order valence-corrected chi connectivity index (χ2v) is 5.85. The molecule has 0 unspecified atom stereocenters. The van der Waals surface area contributed by atoms with Gasteiger partial charge < -0.3 is 4.98 Å². The zero-order chi connectivity index (χ0) is 13.7. The second kappa shape index (κ2) is 4.31. The molecule has 0 atom stereocenters. The van der Waals surface area contributed by atoms with Crippen LogP contribution in [-0.4, -0.2) is 19.3 Å². The third-order valence-electron chi connectivity index (χ3n) is 3.24. The maximum Gasteiger partial charge on any atom is 0.184 e. The number of H-pyrrole nitrogens is 1. The molecule has 0 saturated carbocycles. The number of nitrogens with one attached hydrogen (secondary N) is 1. The maximum absolute atomic E-state index is 5.44. The van der Waals surface area contributed by atoms with Gasteiger partial charge in [0.15, 0.2) is 10.4 Å². The monoisotopic (exact) mass is 336 g/mol. The van der Waals surface area contributed by atoms with Crippen LogP contribution in [0.3, 0.4) is 0 Å². The highest BCUT2D eigenvalue weighted by Crippen LogP contribution is 2.24. The molecule has 0 spiro atoms. The van der Waals surface area contributed by atoms with Gasteiger partial charge in [-0.05, 0) is 49.8 Å². The summed E-state index contributed by atoms with van der Waals surface area (Å²) in [5.41, 5.74) is 5.15. The number of aryl methyl sites for hydroxylation is 3. The van der Waals surface area contributed by atoms with Gasteiger partial charge in [-0.3, -0.25) is 4.57 Å². The number of aromatic amines is 1. The van der Waals surface area contributed by atoms with Crippen molar-refractivity contribution in [2.24, 2.45) is 7.05 Å². The van der Waals surface area contributed by atoms with Crippen LogP contribution in [0.15, 0.2) is 22.7 Å². The predicted octanol–water partition coefficient (Wildman–Crippen LogP) is 3.80. The van der Waals surface area contributed by atoms with Crippen molar-refractivity contribution in [2.75, 3.05) is 0 Å². The highest BCUT2D eigenvalue weighted by Gasteiger charge is 2.14. The van der Waals surface area contributed by atoms with Gasteiger partial charge in [0.2, 0.25) is 0 Å². The van der Waals surface area contributed by atoms with E-state index in [-0.39, 0.29) is 0 Å². The number of aromatic nitrogens is 4. The van der Waals surface area contributed by atoms with E-state index in [1.165, 1.54) is 5.56 Å². The van der Waals surface area contributed by atoms with Crippen molar-refractivity contribution in [2.45, 2.75) is 13.8 Å². The van der Waals surface area contributed by atoms with Crippen molar-refractivity contribution in [3.05, 3.63) is 38.7 Å². The van der Waals surface area contributed by atoms with Gasteiger partial charge in [0.05, 0.1) is 11.4 Å². The van der Waals surface area contributed by atoms with Crippen molar-refractivity contribution in [3.63, 3.8) is 0 Å². The molecule has 0 radical (unpaired) electrons. The number of fused-ring (bicyclic) bond motifs is 1. The Kier molecular flexibility index (Phi) is 2.87. The van der Waals surface area contributed by atoms with Crippen LogP contribution >= 0.6 is 28.1 Å². The summed E-state index contributed by atoms with van der Waals surface area (Å²) in [6, 6.07) is 6.19. The summed E-state index contributed by atoms with van der Waals surface area (Å²) in [6.45, 7) is 4.04. The van der Waals surface area contributed by atoms with E-state index in [1.54, 1.807) is 0 Å². The van der Waals surface area contributed by atoms with E-state index in [9.17, 15) is 0 Å². The molecule has 0 amide bonds. The Labute approximate surface area is 124 Å². The zero-order valence-corrected chi connectivity index (χ0v) is 13.3. The Balaban J connectivity index is 2.38. The predicted molar refractivity (Wildman–Crippen MR) is 82.4 cm³/mol. The van der Waals surface area contributed by atoms with E-state index >= 15 is 0 Å². The van der Waals surface area contributed by atoms with Gasteiger partial charge in [0.25, 0.3) is 0 Å². The average molecular weight is 337 g/mol. The highest BCUT2D eigenvalue weighted by molar-refractivity contribution is 9.10. The van der Waals surface area contributed by atoms with Crippen LogP contribution in [-0.2, 0) is 7.05 Å². The van der Waals surface area contributed by atoms with Gasteiger partial charge in [-0.2, -0.15) is 5.10 Å². The molecule has 6 heteroatoms. The van der Waals surface area contributed by atoms with Crippen LogP contribution in [0, 0.1) is 18.6 Å². The van der Waals surface area contributed by atoms with Crippen molar-refractivity contribution >= 4 is 39.3 Å². The van der Waals surface area contributed by atoms with E-state index in [2.05, 4.69) is 39.0 Å². The van der Waals surface area contributed by atoms with E-state index in [0.29, 0.717) is 4.77 Å². The van der Waals surface area contributed by atoms with Crippen LogP contribution in [0.25, 0.3) is 16.9 Å². The van der Waals surface area contributed by atoms with Crippen molar-refractivity contribution in [1.29, 1.82) is 0 Å². The van der Waals surface area contributed by atoms with Crippen LogP contribution in [0.2, 0.25) is 0 Å². The smallest absolute Gasteiger partial charge is 0.184 e. The molecule has 2 heterocycles. The summed E-state index contributed by atoms with van der Waals surface area (Å²) in [7, 11) is 1.93. The number of hydrogen-bond acceptors (Lipinski definition) is 2. The topological polar surface area (TPSA) is 38.5 Å². The van der Waals surface area contributed by atoms with Crippen molar-refractivity contribution in [3.8, 4) is 5.69 Å². The standard InChI is InChI=1S/C13H13BrN4S/c1-7-6-9(4-5-10(7)14)18-12-11(15-13(18)19)8(2)16-17(12)3/h4-6H,1-3H3,(H,15,19). The molecule has 3 aromatic rings. The third kappa shape index (κ3) is 1.86. The Morgan fingerprint density at radius 1 is 1.32 bits per heavy atom. The molecule has 0 aliphatic heterocycles. The molecule has 0 fully saturated rings. The minimum atomic E-state index is 0.688. The van der Waals surface area contributed by atoms with E-state index < -0.39 is 0 Å². The van der Waals surface area contributed by atoms with E-state index in [4.69, 9.17) is 12.2 Å². The van der Waals surface area contributed by atoms with Crippen LogP contribution in [0.5, 0.6) is 0 Å². The second-order valence-electron chi connectivity index (χ2n) is 4.61. The number of nitrogens with zero attached hydrogens (tertiary/aromatic N) is 3. The lowest BCUT2D eigenvalue weighted by atomic mass is 10.2. The molecule has 0 saturated heterocycles. The Bertz CT molecular complexity index is 840. The number of hydrogen-bond donors (Lipinski definition) is 1. The molecule has 98 valence electrons. The fourth-order valence-electron chi connectivity index (χ4n) is 2.32. The number of benzene rings is 1.